The second-order valence-corrected chi connectivity index (χ2v) is 8.57. The molecule has 0 spiro atoms. The molecule has 4 rings (SSSR count). The maximum atomic E-state index is 12.1. The number of carbonyl (C=O) groups is 1. The highest BCUT2D eigenvalue weighted by Crippen LogP contribution is 2.22. The average Bonchev–Trinajstić information content (AvgIpc) is 3.30. The first-order chi connectivity index (χ1) is 15.7. The molecule has 8 heteroatoms. The van der Waals surface area contributed by atoms with Crippen LogP contribution in [-0.4, -0.2) is 38.1 Å². The molecule has 0 bridgehead atoms. The number of nitrogens with one attached hydrogen (secondary N) is 1. The van der Waals surface area contributed by atoms with E-state index in [1.54, 1.807) is 42.4 Å². The molecule has 0 unspecified atom stereocenters. The number of aromatic nitrogens is 4. The molecule has 0 aliphatic heterocycles. The zero-order chi connectivity index (χ0) is 22.2. The fourth-order valence-corrected chi connectivity index (χ4v) is 4.03. The number of rotatable bonds is 9. The molecule has 2 heterocycles. The zero-order valence-electron chi connectivity index (χ0n) is 16.9. The van der Waals surface area contributed by atoms with Crippen LogP contribution in [0.2, 0.25) is 0 Å². The van der Waals surface area contributed by atoms with Gasteiger partial charge in [0.15, 0.2) is 11.4 Å². The van der Waals surface area contributed by atoms with Crippen LogP contribution in [0.15, 0.2) is 82.8 Å². The number of nitrogens with zero attached hydrogens (tertiary/aromatic N) is 3. The van der Waals surface area contributed by atoms with E-state index < -0.39 is 0 Å². The van der Waals surface area contributed by atoms with Gasteiger partial charge in [0.25, 0.3) is 0 Å². The van der Waals surface area contributed by atoms with E-state index >= 15 is 0 Å². The summed E-state index contributed by atoms with van der Waals surface area (Å²) in [5.74, 6) is 1.44. The molecule has 2 aromatic carbocycles. The van der Waals surface area contributed by atoms with Gasteiger partial charge in [-0.15, -0.1) is 11.8 Å². The van der Waals surface area contributed by atoms with E-state index in [0.717, 1.165) is 37.6 Å². The first-order valence-electron chi connectivity index (χ1n) is 9.83. The Labute approximate surface area is 198 Å². The molecule has 0 radical (unpaired) electrons. The van der Waals surface area contributed by atoms with Crippen molar-refractivity contribution >= 4 is 56.8 Å². The average molecular weight is 507 g/mol. The Morgan fingerprint density at radius 2 is 1.84 bits per heavy atom. The number of thioether (sulfide) groups is 1. The number of ketones is 1. The Morgan fingerprint density at radius 1 is 1.03 bits per heavy atom. The van der Waals surface area contributed by atoms with Crippen LogP contribution in [0, 0.1) is 0 Å². The van der Waals surface area contributed by atoms with Crippen molar-refractivity contribution in [3.05, 3.63) is 88.9 Å². The Balaban J connectivity index is 1.24. The van der Waals surface area contributed by atoms with Crippen LogP contribution >= 0.6 is 27.7 Å². The minimum Gasteiger partial charge on any atom is -0.493 e. The van der Waals surface area contributed by atoms with Crippen molar-refractivity contribution in [3.8, 4) is 5.75 Å². The predicted molar refractivity (Wildman–Crippen MR) is 132 cm³/mol. The summed E-state index contributed by atoms with van der Waals surface area (Å²) in [6, 6.07) is 15.4. The third-order valence-corrected chi connectivity index (χ3v) is 6.11. The number of carbonyl (C=O) groups excluding carboxylic acids is 1. The van der Waals surface area contributed by atoms with Gasteiger partial charge in [0.1, 0.15) is 22.6 Å². The van der Waals surface area contributed by atoms with E-state index in [2.05, 4.69) is 35.9 Å². The monoisotopic (exact) mass is 506 g/mol. The Hall–Kier alpha value is -3.23. The normalized spacial score (nSPS) is 11.5. The lowest BCUT2D eigenvalue weighted by atomic mass is 10.1. The van der Waals surface area contributed by atoms with Gasteiger partial charge in [-0.1, -0.05) is 52.3 Å². The quantitative estimate of drug-likeness (QED) is 0.138. The van der Waals surface area contributed by atoms with E-state index in [1.807, 2.05) is 48.5 Å². The van der Waals surface area contributed by atoms with Gasteiger partial charge in [-0.2, -0.15) is 0 Å². The molecule has 0 fully saturated rings. The van der Waals surface area contributed by atoms with Gasteiger partial charge < -0.3 is 9.72 Å². The van der Waals surface area contributed by atoms with Crippen molar-refractivity contribution in [1.82, 2.24) is 19.9 Å². The van der Waals surface area contributed by atoms with Crippen molar-refractivity contribution in [2.24, 2.45) is 0 Å². The van der Waals surface area contributed by atoms with E-state index in [9.17, 15) is 4.79 Å². The van der Waals surface area contributed by atoms with E-state index in [-0.39, 0.29) is 5.78 Å². The summed E-state index contributed by atoms with van der Waals surface area (Å²) in [4.78, 5) is 27.7. The largest absolute Gasteiger partial charge is 0.493 e. The summed E-state index contributed by atoms with van der Waals surface area (Å²) < 4.78 is 6.76. The van der Waals surface area contributed by atoms with Crippen molar-refractivity contribution in [2.75, 3.05) is 12.4 Å². The lowest BCUT2D eigenvalue weighted by molar-refractivity contribution is -0.110. The van der Waals surface area contributed by atoms with Crippen LogP contribution in [0.4, 0.5) is 0 Å². The Bertz CT molecular complexity index is 1270. The number of hydrogen-bond acceptors (Lipinski definition) is 6. The molecule has 32 heavy (non-hydrogen) atoms. The maximum Gasteiger partial charge on any atom is 0.181 e. The number of H-pyrrole nitrogens is 1. The lowest BCUT2D eigenvalue weighted by Crippen LogP contribution is -2.00. The van der Waals surface area contributed by atoms with Crippen LogP contribution < -0.4 is 4.74 Å². The molecular formula is C24H19BrN4O2S. The first-order valence-corrected chi connectivity index (χ1v) is 11.6. The minimum absolute atomic E-state index is 0.0748. The second-order valence-electron chi connectivity index (χ2n) is 6.64. The molecule has 0 saturated heterocycles. The Kier molecular flexibility index (Phi) is 7.47. The molecule has 2 aromatic heterocycles. The lowest BCUT2D eigenvalue weighted by Gasteiger charge is -2.06. The molecule has 0 aliphatic carbocycles. The van der Waals surface area contributed by atoms with Crippen LogP contribution in [0.1, 0.15) is 11.1 Å². The predicted octanol–water partition coefficient (Wildman–Crippen LogP) is 5.58. The Morgan fingerprint density at radius 3 is 2.69 bits per heavy atom. The second kappa shape index (κ2) is 10.9. The zero-order valence-corrected chi connectivity index (χ0v) is 19.3. The number of aromatic amines is 1. The fourth-order valence-electron chi connectivity index (χ4n) is 2.84. The molecule has 6 nitrogen and oxygen atoms in total. The van der Waals surface area contributed by atoms with Gasteiger partial charge in [0.2, 0.25) is 0 Å². The minimum atomic E-state index is -0.0748. The van der Waals surface area contributed by atoms with Crippen LogP contribution in [0.25, 0.3) is 23.3 Å². The topological polar surface area (TPSA) is 80.8 Å². The summed E-state index contributed by atoms with van der Waals surface area (Å²) in [6.07, 6.45) is 9.82. The third-order valence-electron chi connectivity index (χ3n) is 4.43. The summed E-state index contributed by atoms with van der Waals surface area (Å²) in [5.41, 5.74) is 3.39. The highest BCUT2D eigenvalue weighted by molar-refractivity contribution is 9.10. The molecule has 0 amide bonds. The van der Waals surface area contributed by atoms with Crippen molar-refractivity contribution in [1.29, 1.82) is 0 Å². The molecule has 0 saturated carbocycles. The van der Waals surface area contributed by atoms with Crippen LogP contribution in [0.5, 0.6) is 5.75 Å². The molecule has 4 aromatic rings. The number of imidazole rings is 1. The smallest absolute Gasteiger partial charge is 0.181 e. The number of allylic oxidation sites excluding steroid dienone is 2. The number of fused-ring (bicyclic) bond motifs is 1. The summed E-state index contributed by atoms with van der Waals surface area (Å²) in [5, 5.41) is 0.856. The van der Waals surface area contributed by atoms with Crippen molar-refractivity contribution < 1.29 is 9.53 Å². The molecule has 160 valence electrons. The number of halogens is 1. The van der Waals surface area contributed by atoms with E-state index in [4.69, 9.17) is 4.74 Å². The maximum absolute atomic E-state index is 12.1. The molecule has 0 atom stereocenters. The van der Waals surface area contributed by atoms with Gasteiger partial charge >= 0.3 is 0 Å². The fraction of sp³-hybridized carbons (Fsp3) is 0.0833. The SMILES string of the molecule is O=C(/C=C/c1ccc(OCCSc2ncnc3nc[nH]c23)cc1)/C=C/c1ccccc1Br. The van der Waals surface area contributed by atoms with Gasteiger partial charge in [-0.3, -0.25) is 4.79 Å². The van der Waals surface area contributed by atoms with E-state index in [0.29, 0.717) is 12.3 Å². The highest BCUT2D eigenvalue weighted by atomic mass is 79.9. The number of hydrogen-bond donors (Lipinski definition) is 1. The number of ether oxygens (including phenoxy) is 1. The van der Waals surface area contributed by atoms with Gasteiger partial charge in [-0.05, 0) is 47.6 Å². The molecule has 1 N–H and O–H groups in total. The van der Waals surface area contributed by atoms with Crippen LogP contribution in [-0.2, 0) is 4.79 Å². The summed E-state index contributed by atoms with van der Waals surface area (Å²) >= 11 is 5.05. The third kappa shape index (κ3) is 5.93. The first kappa shape index (κ1) is 22.0. The standard InChI is InChI=1S/C24H19BrN4O2S/c25-21-4-2-1-3-18(21)8-10-19(30)9-5-17-6-11-20(12-7-17)31-13-14-32-24-22-23(27-15-26-22)28-16-29-24/h1-12,15-16H,13-14H2,(H,26,27,28,29)/b9-5+,10-8+. The van der Waals surface area contributed by atoms with Crippen LogP contribution in [0.3, 0.4) is 0 Å². The number of benzene rings is 2. The molecular weight excluding hydrogens is 488 g/mol. The molecule has 0 aliphatic rings. The van der Waals surface area contributed by atoms with E-state index in [1.165, 1.54) is 6.33 Å². The van der Waals surface area contributed by atoms with Crippen molar-refractivity contribution in [3.63, 3.8) is 0 Å². The van der Waals surface area contributed by atoms with Gasteiger partial charge in [-0.25, -0.2) is 15.0 Å². The highest BCUT2D eigenvalue weighted by Gasteiger charge is 2.06. The summed E-state index contributed by atoms with van der Waals surface area (Å²) in [6.45, 7) is 0.539. The van der Waals surface area contributed by atoms with Crippen molar-refractivity contribution in [2.45, 2.75) is 5.03 Å². The summed E-state index contributed by atoms with van der Waals surface area (Å²) in [7, 11) is 0. The van der Waals surface area contributed by atoms with Gasteiger partial charge in [0.05, 0.1) is 12.9 Å². The van der Waals surface area contributed by atoms with Gasteiger partial charge in [0, 0.05) is 10.2 Å².